The summed E-state index contributed by atoms with van der Waals surface area (Å²) in [6.07, 6.45) is 1.08. The van der Waals surface area contributed by atoms with E-state index in [1.165, 1.54) is 0 Å². The Morgan fingerprint density at radius 3 is 2.08 bits per heavy atom. The van der Waals surface area contributed by atoms with Gasteiger partial charge in [0.1, 0.15) is 0 Å². The summed E-state index contributed by atoms with van der Waals surface area (Å²) in [6, 6.07) is 0. The molecule has 0 aromatic heterocycles. The molecule has 0 heterocycles. The second-order valence-corrected chi connectivity index (χ2v) is 1.12. The standard InChI is InChI=1S/C5H8NO2.2H2O.2Y/c1-2-5(7)8-4-3-6;;;;/h2,6H,1,3-4H2;2*1H2;;/q-1;;;;. The number of carbonyl (C=O) groups excluding carboxylic acids is 1. The van der Waals surface area contributed by atoms with Crippen LogP contribution in [0.1, 0.15) is 0 Å². The van der Waals surface area contributed by atoms with Crippen molar-refractivity contribution in [2.24, 2.45) is 0 Å². The summed E-state index contributed by atoms with van der Waals surface area (Å²) in [5, 5.41) is 0. The summed E-state index contributed by atoms with van der Waals surface area (Å²) >= 11 is 0. The predicted octanol–water partition coefficient (Wildman–Crippen LogP) is -0.887. The van der Waals surface area contributed by atoms with Crippen LogP contribution in [-0.4, -0.2) is 30.1 Å². The molecule has 0 bridgehead atoms. The molecule has 0 rings (SSSR count). The molecule has 0 aliphatic rings. The molecule has 0 atom stereocenters. The van der Waals surface area contributed by atoms with Crippen molar-refractivity contribution in [1.82, 2.24) is 0 Å². The number of ether oxygens (including phenoxy) is 1. The summed E-state index contributed by atoms with van der Waals surface area (Å²) in [5.41, 5.74) is 6.56. The topological polar surface area (TPSA) is 113 Å². The van der Waals surface area contributed by atoms with Crippen molar-refractivity contribution in [2.45, 2.75) is 0 Å². The van der Waals surface area contributed by atoms with E-state index in [1.54, 1.807) is 0 Å². The van der Waals surface area contributed by atoms with E-state index in [-0.39, 0.29) is 89.5 Å². The zero-order valence-corrected chi connectivity index (χ0v) is 12.3. The Bertz CT molecular complexity index is 101. The maximum atomic E-state index is 10.1. The number of rotatable bonds is 3. The van der Waals surface area contributed by atoms with Crippen molar-refractivity contribution >= 4 is 5.97 Å². The third kappa shape index (κ3) is 22.5. The molecule has 0 saturated carbocycles. The van der Waals surface area contributed by atoms with E-state index < -0.39 is 5.97 Å². The molecule has 0 aromatic carbocycles. The van der Waals surface area contributed by atoms with Crippen molar-refractivity contribution in [2.75, 3.05) is 13.2 Å². The average molecular weight is 328 g/mol. The first-order valence-corrected chi connectivity index (χ1v) is 2.25. The second-order valence-electron chi connectivity index (χ2n) is 1.12. The van der Waals surface area contributed by atoms with Gasteiger partial charge in [0.05, 0.1) is 6.61 Å². The normalized spacial score (nSPS) is 5.42. The van der Waals surface area contributed by atoms with Crippen molar-refractivity contribution in [3.63, 3.8) is 0 Å². The van der Waals surface area contributed by atoms with Crippen LogP contribution in [0.3, 0.4) is 0 Å². The number of hydrogen-bond donors (Lipinski definition) is 0. The van der Waals surface area contributed by atoms with E-state index in [1.807, 2.05) is 0 Å². The van der Waals surface area contributed by atoms with Crippen molar-refractivity contribution in [1.29, 1.82) is 0 Å². The molecule has 0 amide bonds. The molecule has 0 unspecified atom stereocenters. The molecule has 12 heavy (non-hydrogen) atoms. The maximum Gasteiger partial charge on any atom is 0.330 e. The minimum Gasteiger partial charge on any atom is -0.675 e. The van der Waals surface area contributed by atoms with Crippen LogP contribution in [0.5, 0.6) is 0 Å². The van der Waals surface area contributed by atoms with Crippen molar-refractivity contribution in [3.05, 3.63) is 18.4 Å². The van der Waals surface area contributed by atoms with Gasteiger partial charge in [-0.3, -0.25) is 0 Å². The fourth-order valence-electron chi connectivity index (χ4n) is 0.211. The minimum absolute atomic E-state index is 0. The van der Waals surface area contributed by atoms with Gasteiger partial charge in [0.25, 0.3) is 0 Å². The molecule has 0 aliphatic carbocycles. The van der Waals surface area contributed by atoms with Crippen LogP contribution in [0.4, 0.5) is 0 Å². The zero-order chi connectivity index (χ0) is 6.41. The van der Waals surface area contributed by atoms with Crippen LogP contribution in [0, 0.1) is 0 Å². The number of carbonyl (C=O) groups is 1. The largest absolute Gasteiger partial charge is 0.675 e. The number of hydrogen-bond acceptors (Lipinski definition) is 2. The average Bonchev–Trinajstić information content (AvgIpc) is 1.83. The first-order valence-electron chi connectivity index (χ1n) is 2.25. The third-order valence-electron chi connectivity index (χ3n) is 0.513. The fourth-order valence-corrected chi connectivity index (χ4v) is 0.211. The fraction of sp³-hybridized carbons (Fsp3) is 0.400. The van der Waals surface area contributed by atoms with Gasteiger partial charge in [-0.05, 0) is 0 Å². The Kier molecular flexibility index (Phi) is 55.5. The van der Waals surface area contributed by atoms with E-state index in [2.05, 4.69) is 11.3 Å². The van der Waals surface area contributed by atoms with Gasteiger partial charge in [0.15, 0.2) is 0 Å². The van der Waals surface area contributed by atoms with Crippen LogP contribution in [0.15, 0.2) is 12.7 Å². The Balaban J connectivity index is -0.0000000408. The van der Waals surface area contributed by atoms with E-state index in [0.717, 1.165) is 6.08 Å². The van der Waals surface area contributed by atoms with E-state index in [9.17, 15) is 4.79 Å². The van der Waals surface area contributed by atoms with E-state index in [4.69, 9.17) is 5.73 Å². The molecular formula is C5H12NO4Y2-. The first-order chi connectivity index (χ1) is 3.81. The second kappa shape index (κ2) is 22.8. The molecule has 7 heteroatoms. The molecule has 5 N–H and O–H groups in total. The molecular weight excluding hydrogens is 316 g/mol. The van der Waals surface area contributed by atoms with Gasteiger partial charge in [-0.2, -0.15) is 0 Å². The molecule has 68 valence electrons. The van der Waals surface area contributed by atoms with Crippen LogP contribution in [0.25, 0.3) is 5.73 Å². The third-order valence-corrected chi connectivity index (χ3v) is 0.513. The summed E-state index contributed by atoms with van der Waals surface area (Å²) in [6.45, 7) is 3.45. The van der Waals surface area contributed by atoms with Crippen LogP contribution in [0.2, 0.25) is 0 Å². The van der Waals surface area contributed by atoms with E-state index >= 15 is 0 Å². The molecule has 2 radical (unpaired) electrons. The Hall–Kier alpha value is 1.30. The molecule has 0 fully saturated rings. The molecule has 0 saturated heterocycles. The first kappa shape index (κ1) is 29.2. The summed E-state index contributed by atoms with van der Waals surface area (Å²) in [7, 11) is 0. The van der Waals surface area contributed by atoms with Gasteiger partial charge < -0.3 is 21.4 Å². The summed E-state index contributed by atoms with van der Waals surface area (Å²) in [5.74, 6) is -0.461. The maximum absolute atomic E-state index is 10.1. The Labute approximate surface area is 122 Å². The Morgan fingerprint density at radius 1 is 1.42 bits per heavy atom. The van der Waals surface area contributed by atoms with Gasteiger partial charge in [0, 0.05) is 71.5 Å². The van der Waals surface area contributed by atoms with Crippen LogP contribution < -0.4 is 0 Å². The van der Waals surface area contributed by atoms with Crippen molar-refractivity contribution < 1.29 is 85.9 Å². The van der Waals surface area contributed by atoms with Crippen molar-refractivity contribution in [3.8, 4) is 0 Å². The van der Waals surface area contributed by atoms with Gasteiger partial charge in [-0.15, -0.1) is 6.54 Å². The number of nitrogens with one attached hydrogen (secondary N) is 1. The van der Waals surface area contributed by atoms with Gasteiger partial charge in [-0.1, -0.05) is 6.58 Å². The van der Waals surface area contributed by atoms with Crippen LogP contribution in [-0.2, 0) is 74.9 Å². The van der Waals surface area contributed by atoms with E-state index in [0.29, 0.717) is 0 Å². The molecule has 0 aliphatic heterocycles. The molecule has 5 nitrogen and oxygen atoms in total. The van der Waals surface area contributed by atoms with Gasteiger partial charge in [0.2, 0.25) is 0 Å². The summed E-state index contributed by atoms with van der Waals surface area (Å²) < 4.78 is 4.40. The monoisotopic (exact) mass is 328 g/mol. The minimum atomic E-state index is -0.461. The molecule has 0 aromatic rings. The Morgan fingerprint density at radius 2 is 1.83 bits per heavy atom. The SMILES string of the molecule is C=CC(=O)OCC[NH-].O.O.[Y].[Y]. The van der Waals surface area contributed by atoms with Gasteiger partial charge in [-0.25, -0.2) is 4.79 Å². The van der Waals surface area contributed by atoms with Crippen LogP contribution >= 0.6 is 0 Å². The predicted molar refractivity (Wildman–Crippen MR) is 37.6 cm³/mol. The molecule has 0 spiro atoms. The zero-order valence-electron chi connectivity index (χ0n) is 6.67. The number of esters is 1. The quantitative estimate of drug-likeness (QED) is 0.494. The summed E-state index contributed by atoms with van der Waals surface area (Å²) in [4.78, 5) is 10.1. The van der Waals surface area contributed by atoms with Gasteiger partial charge >= 0.3 is 5.97 Å². The smallest absolute Gasteiger partial charge is 0.330 e.